The summed E-state index contributed by atoms with van der Waals surface area (Å²) in [7, 11) is 2.22. The Hall–Kier alpha value is -0.200. The van der Waals surface area contributed by atoms with Gasteiger partial charge in [0.2, 0.25) is 0 Å². The summed E-state index contributed by atoms with van der Waals surface area (Å²) in [5.41, 5.74) is 5.60. The van der Waals surface area contributed by atoms with E-state index in [1.165, 1.54) is 65.4 Å². The van der Waals surface area contributed by atoms with Crippen molar-refractivity contribution in [2.45, 2.75) is 0 Å². The molecule has 2 fully saturated rings. The van der Waals surface area contributed by atoms with Gasteiger partial charge in [-0.15, -0.1) is 0 Å². The van der Waals surface area contributed by atoms with Gasteiger partial charge in [0.1, 0.15) is 0 Å². The Labute approximate surface area is 111 Å². The summed E-state index contributed by atoms with van der Waals surface area (Å²) in [6.45, 7) is 14.1. The van der Waals surface area contributed by atoms with Crippen molar-refractivity contribution in [1.29, 1.82) is 0 Å². The summed E-state index contributed by atoms with van der Waals surface area (Å²) in [5, 5.41) is 0. The highest BCUT2D eigenvalue weighted by Crippen LogP contribution is 2.03. The van der Waals surface area contributed by atoms with E-state index in [9.17, 15) is 0 Å². The van der Waals surface area contributed by atoms with Crippen molar-refractivity contribution in [3.8, 4) is 0 Å². The van der Waals surface area contributed by atoms with Crippen LogP contribution in [0.4, 0.5) is 0 Å². The lowest BCUT2D eigenvalue weighted by atomic mass is 10.3. The molecule has 2 rings (SSSR count). The van der Waals surface area contributed by atoms with Crippen molar-refractivity contribution in [1.82, 2.24) is 19.6 Å². The van der Waals surface area contributed by atoms with Crippen molar-refractivity contribution in [3.63, 3.8) is 0 Å². The van der Waals surface area contributed by atoms with E-state index in [0.717, 1.165) is 13.1 Å². The van der Waals surface area contributed by atoms with Gasteiger partial charge < -0.3 is 10.6 Å². The zero-order chi connectivity index (χ0) is 12.8. The number of nitrogens with two attached hydrogens (primary N) is 1. The predicted octanol–water partition coefficient (Wildman–Crippen LogP) is -1.19. The zero-order valence-corrected chi connectivity index (χ0v) is 11.9. The standard InChI is InChI=1S/C13H29N5/c1-15-4-6-17(7-5-15)12-13-18-10-8-16(3-2-14)9-11-18/h2-14H2,1H3. The quantitative estimate of drug-likeness (QED) is 0.669. The number of rotatable bonds is 5. The Morgan fingerprint density at radius 2 is 1.06 bits per heavy atom. The normalized spacial score (nSPS) is 25.7. The Morgan fingerprint density at radius 3 is 1.50 bits per heavy atom. The number of likely N-dealkylation sites (N-methyl/N-ethyl adjacent to an activating group) is 1. The van der Waals surface area contributed by atoms with Crippen molar-refractivity contribution >= 4 is 0 Å². The minimum absolute atomic E-state index is 0.793. The molecule has 0 aromatic rings. The molecule has 5 heteroatoms. The van der Waals surface area contributed by atoms with Crippen LogP contribution in [0.1, 0.15) is 0 Å². The molecule has 0 aromatic heterocycles. The van der Waals surface area contributed by atoms with E-state index in [4.69, 9.17) is 5.73 Å². The second-order valence-corrected chi connectivity index (χ2v) is 5.62. The van der Waals surface area contributed by atoms with E-state index in [-0.39, 0.29) is 0 Å². The van der Waals surface area contributed by atoms with Gasteiger partial charge in [0.15, 0.2) is 0 Å². The predicted molar refractivity (Wildman–Crippen MR) is 75.9 cm³/mol. The third-order valence-electron chi connectivity index (χ3n) is 4.24. The first-order valence-electron chi connectivity index (χ1n) is 7.33. The van der Waals surface area contributed by atoms with Crippen molar-refractivity contribution < 1.29 is 0 Å². The second-order valence-electron chi connectivity index (χ2n) is 5.62. The van der Waals surface area contributed by atoms with Crippen LogP contribution in [0, 0.1) is 0 Å². The average Bonchev–Trinajstić information content (AvgIpc) is 2.40. The van der Waals surface area contributed by atoms with Crippen molar-refractivity contribution in [3.05, 3.63) is 0 Å². The maximum absolute atomic E-state index is 5.60. The Bertz CT molecular complexity index is 219. The Kier molecular flexibility index (Phi) is 5.85. The van der Waals surface area contributed by atoms with E-state index >= 15 is 0 Å². The van der Waals surface area contributed by atoms with E-state index < -0.39 is 0 Å². The third kappa shape index (κ3) is 4.48. The monoisotopic (exact) mass is 255 g/mol. The third-order valence-corrected chi connectivity index (χ3v) is 4.24. The average molecular weight is 255 g/mol. The van der Waals surface area contributed by atoms with E-state index in [2.05, 4.69) is 26.6 Å². The van der Waals surface area contributed by atoms with Crippen LogP contribution < -0.4 is 5.73 Å². The van der Waals surface area contributed by atoms with Gasteiger partial charge in [0, 0.05) is 78.5 Å². The van der Waals surface area contributed by atoms with Crippen molar-refractivity contribution in [2.75, 3.05) is 85.6 Å². The molecule has 0 bridgehead atoms. The van der Waals surface area contributed by atoms with Gasteiger partial charge in [-0.2, -0.15) is 0 Å². The van der Waals surface area contributed by atoms with E-state index in [1.807, 2.05) is 0 Å². The molecule has 2 saturated heterocycles. The van der Waals surface area contributed by atoms with Crippen LogP contribution >= 0.6 is 0 Å². The van der Waals surface area contributed by atoms with E-state index in [1.54, 1.807) is 0 Å². The minimum atomic E-state index is 0.793. The Balaban J connectivity index is 1.57. The van der Waals surface area contributed by atoms with Crippen molar-refractivity contribution in [2.24, 2.45) is 5.73 Å². The zero-order valence-electron chi connectivity index (χ0n) is 11.9. The lowest BCUT2D eigenvalue weighted by Gasteiger charge is -2.37. The van der Waals surface area contributed by atoms with Crippen LogP contribution in [0.2, 0.25) is 0 Å². The first kappa shape index (κ1) is 14.2. The molecule has 0 aromatic carbocycles. The Morgan fingerprint density at radius 1 is 0.667 bits per heavy atom. The SMILES string of the molecule is CN1CCN(CCN2CCN(CCN)CC2)CC1. The van der Waals surface area contributed by atoms with Gasteiger partial charge in [-0.05, 0) is 7.05 Å². The molecule has 0 atom stereocenters. The number of hydrogen-bond acceptors (Lipinski definition) is 5. The molecule has 2 heterocycles. The lowest BCUT2D eigenvalue weighted by Crippen LogP contribution is -2.51. The molecule has 0 aliphatic carbocycles. The van der Waals surface area contributed by atoms with Crippen LogP contribution in [0.5, 0.6) is 0 Å². The molecule has 0 spiro atoms. The summed E-state index contributed by atoms with van der Waals surface area (Å²) < 4.78 is 0. The molecule has 0 unspecified atom stereocenters. The summed E-state index contributed by atoms with van der Waals surface area (Å²) in [6, 6.07) is 0. The molecule has 106 valence electrons. The summed E-state index contributed by atoms with van der Waals surface area (Å²) in [6.07, 6.45) is 0. The topological polar surface area (TPSA) is 39.0 Å². The molecule has 0 radical (unpaired) electrons. The van der Waals surface area contributed by atoms with Gasteiger partial charge in [0.25, 0.3) is 0 Å². The van der Waals surface area contributed by atoms with Crippen LogP contribution in [0.15, 0.2) is 0 Å². The molecule has 18 heavy (non-hydrogen) atoms. The molecule has 0 amide bonds. The van der Waals surface area contributed by atoms with Gasteiger partial charge in [-0.1, -0.05) is 0 Å². The summed E-state index contributed by atoms with van der Waals surface area (Å²) in [4.78, 5) is 10.1. The molecule has 2 aliphatic heterocycles. The van der Waals surface area contributed by atoms with Crippen LogP contribution in [0.25, 0.3) is 0 Å². The smallest absolute Gasteiger partial charge is 0.0110 e. The summed E-state index contributed by atoms with van der Waals surface area (Å²) >= 11 is 0. The number of nitrogens with zero attached hydrogens (tertiary/aromatic N) is 4. The van der Waals surface area contributed by atoms with Gasteiger partial charge in [-0.25, -0.2) is 0 Å². The fourth-order valence-corrected chi connectivity index (χ4v) is 2.77. The van der Waals surface area contributed by atoms with Gasteiger partial charge in [-0.3, -0.25) is 14.7 Å². The highest BCUT2D eigenvalue weighted by molar-refractivity contribution is 4.75. The van der Waals surface area contributed by atoms with Crippen LogP contribution in [-0.2, 0) is 0 Å². The van der Waals surface area contributed by atoms with Crippen LogP contribution in [0.3, 0.4) is 0 Å². The molecular formula is C13H29N5. The van der Waals surface area contributed by atoms with Crippen LogP contribution in [-0.4, -0.2) is 105 Å². The maximum atomic E-state index is 5.60. The number of hydrogen-bond donors (Lipinski definition) is 1. The fraction of sp³-hybridized carbons (Fsp3) is 1.00. The molecule has 2 N–H and O–H groups in total. The second kappa shape index (κ2) is 7.40. The van der Waals surface area contributed by atoms with E-state index in [0.29, 0.717) is 0 Å². The number of piperazine rings is 2. The highest BCUT2D eigenvalue weighted by atomic mass is 15.3. The highest BCUT2D eigenvalue weighted by Gasteiger charge is 2.18. The molecular weight excluding hydrogens is 226 g/mol. The molecule has 0 saturated carbocycles. The first-order valence-corrected chi connectivity index (χ1v) is 7.33. The lowest BCUT2D eigenvalue weighted by molar-refractivity contribution is 0.103. The van der Waals surface area contributed by atoms with Gasteiger partial charge in [0.05, 0.1) is 0 Å². The minimum Gasteiger partial charge on any atom is -0.329 e. The molecule has 2 aliphatic rings. The molecule has 5 nitrogen and oxygen atoms in total. The maximum Gasteiger partial charge on any atom is 0.0110 e. The van der Waals surface area contributed by atoms with Gasteiger partial charge >= 0.3 is 0 Å². The summed E-state index contributed by atoms with van der Waals surface area (Å²) in [5.74, 6) is 0. The largest absolute Gasteiger partial charge is 0.329 e. The first-order chi connectivity index (χ1) is 8.78. The fourth-order valence-electron chi connectivity index (χ4n) is 2.77.